The van der Waals surface area contributed by atoms with E-state index in [2.05, 4.69) is 5.32 Å². The number of hydrogen-bond acceptors (Lipinski definition) is 3. The van der Waals surface area contributed by atoms with Gasteiger partial charge in [0.15, 0.2) is 0 Å². The predicted octanol–water partition coefficient (Wildman–Crippen LogP) is 5.04. The van der Waals surface area contributed by atoms with E-state index < -0.39 is 6.04 Å². The van der Waals surface area contributed by atoms with Crippen LogP contribution < -0.4 is 5.32 Å². The van der Waals surface area contributed by atoms with Crippen LogP contribution in [0.5, 0.6) is 0 Å². The number of halogens is 2. The molecule has 0 fully saturated rings. The maximum atomic E-state index is 13.3. The molecule has 0 aliphatic heterocycles. The molecule has 2 aromatic rings. The van der Waals surface area contributed by atoms with Crippen LogP contribution in [0.4, 0.5) is 4.39 Å². The number of nitrogens with one attached hydrogen (secondary N) is 1. The van der Waals surface area contributed by atoms with Crippen LogP contribution in [0.15, 0.2) is 48.5 Å². The monoisotopic (exact) mass is 450 g/mol. The van der Waals surface area contributed by atoms with Crippen molar-refractivity contribution in [2.75, 3.05) is 5.75 Å². The fourth-order valence-electron chi connectivity index (χ4n) is 2.78. The highest BCUT2D eigenvalue weighted by molar-refractivity contribution is 7.99. The number of carbonyl (C=O) groups is 2. The fraction of sp³-hybridized carbons (Fsp3) is 0.391. The molecule has 0 heterocycles. The number of nitrogens with zero attached hydrogens (tertiary/aromatic N) is 1. The Hall–Kier alpha value is -2.05. The second kappa shape index (κ2) is 12.0. The maximum Gasteiger partial charge on any atom is 0.242 e. The highest BCUT2D eigenvalue weighted by Crippen LogP contribution is 2.21. The van der Waals surface area contributed by atoms with Crippen LogP contribution in [0.3, 0.4) is 0 Å². The minimum Gasteiger partial charge on any atom is -0.352 e. The Balaban J connectivity index is 2.08. The topological polar surface area (TPSA) is 49.4 Å². The Kier molecular flexibility index (Phi) is 9.66. The summed E-state index contributed by atoms with van der Waals surface area (Å²) in [6, 6.07) is 12.9. The van der Waals surface area contributed by atoms with Crippen molar-refractivity contribution < 1.29 is 14.0 Å². The molecule has 0 radical (unpaired) electrons. The zero-order chi connectivity index (χ0) is 22.1. The van der Waals surface area contributed by atoms with E-state index in [1.165, 1.54) is 23.9 Å². The molecule has 0 aromatic heterocycles. The van der Waals surface area contributed by atoms with Gasteiger partial charge in [-0.05, 0) is 49.6 Å². The summed E-state index contributed by atoms with van der Waals surface area (Å²) in [6.45, 7) is 5.87. The molecule has 2 aromatic carbocycles. The van der Waals surface area contributed by atoms with E-state index in [4.69, 9.17) is 11.6 Å². The third-order valence-electron chi connectivity index (χ3n) is 4.88. The molecule has 2 atom stereocenters. The molecule has 4 nitrogen and oxygen atoms in total. The summed E-state index contributed by atoms with van der Waals surface area (Å²) in [6.07, 6.45) is 0.804. The number of benzene rings is 2. The zero-order valence-electron chi connectivity index (χ0n) is 17.5. The molecule has 0 bridgehead atoms. The minimum absolute atomic E-state index is 0.0253. The van der Waals surface area contributed by atoms with Crippen LogP contribution in [0.25, 0.3) is 0 Å². The number of hydrogen-bond donors (Lipinski definition) is 1. The van der Waals surface area contributed by atoms with Crippen LogP contribution in [0, 0.1) is 5.82 Å². The lowest BCUT2D eigenvalue weighted by molar-refractivity contribution is -0.138. The second-order valence-electron chi connectivity index (χ2n) is 7.23. The maximum absolute atomic E-state index is 13.3. The molecule has 0 saturated heterocycles. The highest BCUT2D eigenvalue weighted by atomic mass is 35.5. The summed E-state index contributed by atoms with van der Waals surface area (Å²) in [5.74, 6) is 0.130. The van der Waals surface area contributed by atoms with Crippen LogP contribution in [0.1, 0.15) is 38.3 Å². The lowest BCUT2D eigenvalue weighted by atomic mass is 10.1. The Morgan fingerprint density at radius 2 is 1.80 bits per heavy atom. The number of amides is 2. The van der Waals surface area contributed by atoms with Gasteiger partial charge < -0.3 is 10.2 Å². The summed E-state index contributed by atoms with van der Waals surface area (Å²) >= 11 is 7.63. The molecular formula is C23H28ClFN2O2S. The van der Waals surface area contributed by atoms with Crippen molar-refractivity contribution in [3.8, 4) is 0 Å². The third-order valence-corrected chi connectivity index (χ3v) is 6.21. The van der Waals surface area contributed by atoms with E-state index in [0.717, 1.165) is 17.5 Å². The quantitative estimate of drug-likeness (QED) is 0.551. The molecule has 0 spiro atoms. The number of carbonyl (C=O) groups excluding carboxylic acids is 2. The molecule has 2 rings (SSSR count). The van der Waals surface area contributed by atoms with Gasteiger partial charge in [0.1, 0.15) is 11.9 Å². The first kappa shape index (κ1) is 24.2. The van der Waals surface area contributed by atoms with E-state index in [9.17, 15) is 14.0 Å². The SMILES string of the molecule is CCC(C)NC(=O)C(C)N(Cc1ccc(F)cc1)C(=O)CSCc1ccccc1Cl. The van der Waals surface area contributed by atoms with Gasteiger partial charge in [0, 0.05) is 23.4 Å². The molecule has 30 heavy (non-hydrogen) atoms. The van der Waals surface area contributed by atoms with Crippen LogP contribution >= 0.6 is 23.4 Å². The Morgan fingerprint density at radius 1 is 1.13 bits per heavy atom. The van der Waals surface area contributed by atoms with Gasteiger partial charge in [0.05, 0.1) is 5.75 Å². The van der Waals surface area contributed by atoms with Gasteiger partial charge in [0.25, 0.3) is 0 Å². The van der Waals surface area contributed by atoms with Gasteiger partial charge in [-0.3, -0.25) is 9.59 Å². The van der Waals surface area contributed by atoms with Crippen molar-refractivity contribution >= 4 is 35.2 Å². The van der Waals surface area contributed by atoms with Crippen molar-refractivity contribution in [2.24, 2.45) is 0 Å². The Bertz CT molecular complexity index is 847. The van der Waals surface area contributed by atoms with E-state index in [-0.39, 0.29) is 36.0 Å². The summed E-state index contributed by atoms with van der Waals surface area (Å²) in [5, 5.41) is 3.60. The molecule has 0 aliphatic rings. The van der Waals surface area contributed by atoms with Crippen molar-refractivity contribution in [3.63, 3.8) is 0 Å². The molecule has 2 amide bonds. The number of thioether (sulfide) groups is 1. The largest absolute Gasteiger partial charge is 0.352 e. The lowest BCUT2D eigenvalue weighted by Gasteiger charge is -2.29. The normalized spacial score (nSPS) is 12.8. The average Bonchev–Trinajstić information content (AvgIpc) is 2.73. The summed E-state index contributed by atoms with van der Waals surface area (Å²) in [5.41, 5.74) is 1.73. The number of rotatable bonds is 10. The Labute approximate surface area is 187 Å². The van der Waals surface area contributed by atoms with Gasteiger partial charge in [-0.15, -0.1) is 11.8 Å². The Morgan fingerprint density at radius 3 is 2.43 bits per heavy atom. The molecule has 0 saturated carbocycles. The van der Waals surface area contributed by atoms with Gasteiger partial charge in [-0.1, -0.05) is 48.9 Å². The summed E-state index contributed by atoms with van der Waals surface area (Å²) < 4.78 is 13.3. The van der Waals surface area contributed by atoms with Gasteiger partial charge in [0.2, 0.25) is 11.8 Å². The molecule has 7 heteroatoms. The molecule has 2 unspecified atom stereocenters. The second-order valence-corrected chi connectivity index (χ2v) is 8.62. The van der Waals surface area contributed by atoms with E-state index in [1.807, 2.05) is 38.1 Å². The molecular weight excluding hydrogens is 423 g/mol. The van der Waals surface area contributed by atoms with Crippen molar-refractivity contribution in [1.29, 1.82) is 0 Å². The fourth-order valence-corrected chi connectivity index (χ4v) is 3.98. The van der Waals surface area contributed by atoms with Crippen LogP contribution in [-0.4, -0.2) is 34.6 Å². The van der Waals surface area contributed by atoms with Crippen molar-refractivity contribution in [2.45, 2.75) is 51.6 Å². The standard InChI is InChI=1S/C23H28ClFN2O2S/c1-4-16(2)26-23(29)17(3)27(13-18-9-11-20(25)12-10-18)22(28)15-30-14-19-7-5-6-8-21(19)24/h5-12,16-17H,4,13-15H2,1-3H3,(H,26,29). The van der Waals surface area contributed by atoms with Gasteiger partial charge in [-0.25, -0.2) is 4.39 Å². The molecule has 1 N–H and O–H groups in total. The third kappa shape index (κ3) is 7.33. The van der Waals surface area contributed by atoms with E-state index in [0.29, 0.717) is 10.8 Å². The first-order valence-electron chi connectivity index (χ1n) is 9.97. The van der Waals surface area contributed by atoms with Crippen LogP contribution in [-0.2, 0) is 21.9 Å². The first-order valence-corrected chi connectivity index (χ1v) is 11.5. The summed E-state index contributed by atoms with van der Waals surface area (Å²) in [7, 11) is 0. The smallest absolute Gasteiger partial charge is 0.242 e. The van der Waals surface area contributed by atoms with Crippen LogP contribution in [0.2, 0.25) is 5.02 Å². The highest BCUT2D eigenvalue weighted by Gasteiger charge is 2.26. The van der Waals surface area contributed by atoms with Crippen molar-refractivity contribution in [3.05, 3.63) is 70.5 Å². The van der Waals surface area contributed by atoms with Gasteiger partial charge >= 0.3 is 0 Å². The van der Waals surface area contributed by atoms with E-state index in [1.54, 1.807) is 24.0 Å². The average molecular weight is 451 g/mol. The van der Waals surface area contributed by atoms with Crippen molar-refractivity contribution in [1.82, 2.24) is 10.2 Å². The molecule has 0 aliphatic carbocycles. The zero-order valence-corrected chi connectivity index (χ0v) is 19.1. The minimum atomic E-state index is -0.641. The molecule has 162 valence electrons. The van der Waals surface area contributed by atoms with E-state index >= 15 is 0 Å². The summed E-state index contributed by atoms with van der Waals surface area (Å²) in [4.78, 5) is 27.2. The predicted molar refractivity (Wildman–Crippen MR) is 122 cm³/mol. The first-order chi connectivity index (χ1) is 14.3. The lowest BCUT2D eigenvalue weighted by Crippen LogP contribution is -2.50. The van der Waals surface area contributed by atoms with Gasteiger partial charge in [-0.2, -0.15) is 0 Å².